The van der Waals surface area contributed by atoms with Crippen LogP contribution in [0.5, 0.6) is 5.75 Å². The SMILES string of the molecule is CC(C)CC(NC(=O)C(N)Cc1ccc(O)cc1)C(=O)NC(C(=O)NC(C(=O)O)C(C)C)C(C)C. The second-order valence-electron chi connectivity index (χ2n) is 9.97. The quantitative estimate of drug-likeness (QED) is 0.240. The van der Waals surface area contributed by atoms with Crippen LogP contribution >= 0.6 is 0 Å². The lowest BCUT2D eigenvalue weighted by Crippen LogP contribution is -2.59. The zero-order valence-corrected chi connectivity index (χ0v) is 21.4. The van der Waals surface area contributed by atoms with Crippen molar-refractivity contribution >= 4 is 23.7 Å². The third kappa shape index (κ3) is 9.94. The molecule has 4 unspecified atom stereocenters. The monoisotopic (exact) mass is 492 g/mol. The average molecular weight is 493 g/mol. The number of rotatable bonds is 13. The van der Waals surface area contributed by atoms with Crippen LogP contribution in [0.1, 0.15) is 53.5 Å². The van der Waals surface area contributed by atoms with Crippen LogP contribution in [0.3, 0.4) is 0 Å². The molecule has 0 aliphatic rings. The summed E-state index contributed by atoms with van der Waals surface area (Å²) in [6.45, 7) is 10.6. The number of amides is 3. The molecule has 35 heavy (non-hydrogen) atoms. The Hall–Kier alpha value is -3.14. The molecule has 0 spiro atoms. The average Bonchev–Trinajstić information content (AvgIpc) is 2.75. The van der Waals surface area contributed by atoms with E-state index in [4.69, 9.17) is 5.73 Å². The van der Waals surface area contributed by atoms with Gasteiger partial charge in [-0.3, -0.25) is 14.4 Å². The number of carboxylic acid groups (broad SMARTS) is 1. The minimum atomic E-state index is -1.16. The first-order valence-corrected chi connectivity index (χ1v) is 11.9. The van der Waals surface area contributed by atoms with Crippen molar-refractivity contribution in [3.05, 3.63) is 29.8 Å². The second-order valence-corrected chi connectivity index (χ2v) is 9.97. The number of hydrogen-bond donors (Lipinski definition) is 6. The molecule has 0 aliphatic heterocycles. The van der Waals surface area contributed by atoms with Crippen molar-refractivity contribution in [3.8, 4) is 5.75 Å². The highest BCUT2D eigenvalue weighted by atomic mass is 16.4. The van der Waals surface area contributed by atoms with E-state index in [1.807, 2.05) is 13.8 Å². The van der Waals surface area contributed by atoms with Crippen molar-refractivity contribution in [2.24, 2.45) is 23.5 Å². The molecule has 10 heteroatoms. The largest absolute Gasteiger partial charge is 0.508 e. The highest BCUT2D eigenvalue weighted by Gasteiger charge is 2.33. The van der Waals surface area contributed by atoms with Crippen LogP contribution in [0.25, 0.3) is 0 Å². The van der Waals surface area contributed by atoms with Crippen LogP contribution in [0, 0.1) is 17.8 Å². The van der Waals surface area contributed by atoms with E-state index in [0.29, 0.717) is 6.42 Å². The van der Waals surface area contributed by atoms with Crippen LogP contribution in [-0.4, -0.2) is 58.1 Å². The number of hydrogen-bond acceptors (Lipinski definition) is 6. The molecule has 1 rings (SSSR count). The normalized spacial score (nSPS) is 14.8. The van der Waals surface area contributed by atoms with E-state index in [1.165, 1.54) is 12.1 Å². The molecule has 1 aromatic rings. The molecule has 0 radical (unpaired) electrons. The number of benzene rings is 1. The lowest BCUT2D eigenvalue weighted by molar-refractivity contribution is -0.144. The van der Waals surface area contributed by atoms with Gasteiger partial charge in [0.05, 0.1) is 6.04 Å². The van der Waals surface area contributed by atoms with Crippen LogP contribution in [0.15, 0.2) is 24.3 Å². The number of phenolic OH excluding ortho intramolecular Hbond substituents is 1. The summed E-state index contributed by atoms with van der Waals surface area (Å²) in [4.78, 5) is 50.2. The summed E-state index contributed by atoms with van der Waals surface area (Å²) in [6, 6.07) is 2.39. The van der Waals surface area contributed by atoms with E-state index in [0.717, 1.165) is 5.56 Å². The summed E-state index contributed by atoms with van der Waals surface area (Å²) >= 11 is 0. The Morgan fingerprint density at radius 1 is 0.800 bits per heavy atom. The molecule has 1 aromatic carbocycles. The fourth-order valence-electron chi connectivity index (χ4n) is 3.51. The number of carbonyl (C=O) groups excluding carboxylic acids is 3. The van der Waals surface area contributed by atoms with Gasteiger partial charge < -0.3 is 31.9 Å². The lowest BCUT2D eigenvalue weighted by Gasteiger charge is -2.28. The zero-order valence-electron chi connectivity index (χ0n) is 21.4. The second kappa shape index (κ2) is 13.7. The Kier molecular flexibility index (Phi) is 11.7. The van der Waals surface area contributed by atoms with Gasteiger partial charge in [-0.1, -0.05) is 53.7 Å². The van der Waals surface area contributed by atoms with Crippen molar-refractivity contribution in [1.82, 2.24) is 16.0 Å². The van der Waals surface area contributed by atoms with Gasteiger partial charge in [-0.2, -0.15) is 0 Å². The maximum absolute atomic E-state index is 13.1. The summed E-state index contributed by atoms with van der Waals surface area (Å²) in [5, 5.41) is 26.6. The van der Waals surface area contributed by atoms with Crippen LogP contribution in [-0.2, 0) is 25.6 Å². The molecule has 0 bridgehead atoms. The van der Waals surface area contributed by atoms with E-state index in [1.54, 1.807) is 39.8 Å². The molecular formula is C25H40N4O6. The molecule has 0 saturated carbocycles. The Labute approximate surface area is 207 Å². The van der Waals surface area contributed by atoms with Gasteiger partial charge in [0.25, 0.3) is 0 Å². The molecular weight excluding hydrogens is 452 g/mol. The van der Waals surface area contributed by atoms with Crippen molar-refractivity contribution in [1.29, 1.82) is 0 Å². The lowest BCUT2D eigenvalue weighted by atomic mass is 9.98. The maximum atomic E-state index is 13.1. The molecule has 0 aliphatic carbocycles. The Balaban J connectivity index is 2.93. The zero-order chi connectivity index (χ0) is 26.9. The van der Waals surface area contributed by atoms with Gasteiger partial charge in [0.15, 0.2) is 0 Å². The van der Waals surface area contributed by atoms with Gasteiger partial charge >= 0.3 is 5.97 Å². The number of carbonyl (C=O) groups is 4. The van der Waals surface area contributed by atoms with E-state index in [-0.39, 0.29) is 29.9 Å². The summed E-state index contributed by atoms with van der Waals surface area (Å²) in [7, 11) is 0. The number of aliphatic carboxylic acids is 1. The number of nitrogens with one attached hydrogen (secondary N) is 3. The van der Waals surface area contributed by atoms with Gasteiger partial charge in [0, 0.05) is 0 Å². The van der Waals surface area contributed by atoms with Crippen LogP contribution in [0.2, 0.25) is 0 Å². The summed E-state index contributed by atoms with van der Waals surface area (Å²) in [5.74, 6) is -3.34. The number of phenols is 1. The van der Waals surface area contributed by atoms with Gasteiger partial charge in [0.1, 0.15) is 23.9 Å². The van der Waals surface area contributed by atoms with Crippen molar-refractivity contribution in [2.75, 3.05) is 0 Å². The molecule has 10 nitrogen and oxygen atoms in total. The van der Waals surface area contributed by atoms with Crippen LogP contribution in [0.4, 0.5) is 0 Å². The third-order valence-corrected chi connectivity index (χ3v) is 5.55. The Morgan fingerprint density at radius 3 is 1.77 bits per heavy atom. The molecule has 4 atom stereocenters. The molecule has 0 fully saturated rings. The highest BCUT2D eigenvalue weighted by molar-refractivity contribution is 5.94. The van der Waals surface area contributed by atoms with Crippen molar-refractivity contribution in [3.63, 3.8) is 0 Å². The predicted molar refractivity (Wildman–Crippen MR) is 132 cm³/mol. The summed E-state index contributed by atoms with van der Waals surface area (Å²) < 4.78 is 0. The number of carboxylic acids is 1. The molecule has 7 N–H and O–H groups in total. The highest BCUT2D eigenvalue weighted by Crippen LogP contribution is 2.12. The molecule has 0 heterocycles. The number of aromatic hydroxyl groups is 1. The smallest absolute Gasteiger partial charge is 0.326 e. The van der Waals surface area contributed by atoms with E-state index in [9.17, 15) is 29.4 Å². The maximum Gasteiger partial charge on any atom is 0.326 e. The van der Waals surface area contributed by atoms with Crippen molar-refractivity contribution < 1.29 is 29.4 Å². The number of nitrogens with two attached hydrogens (primary N) is 1. The van der Waals surface area contributed by atoms with Crippen molar-refractivity contribution in [2.45, 2.75) is 78.6 Å². The van der Waals surface area contributed by atoms with Gasteiger partial charge in [-0.05, 0) is 48.3 Å². The first kappa shape index (κ1) is 29.9. The molecule has 3 amide bonds. The summed E-state index contributed by atoms with van der Waals surface area (Å²) in [6.07, 6.45) is 0.532. The molecule has 0 saturated heterocycles. The minimum Gasteiger partial charge on any atom is -0.508 e. The van der Waals surface area contributed by atoms with E-state index >= 15 is 0 Å². The van der Waals surface area contributed by atoms with Gasteiger partial charge in [-0.25, -0.2) is 4.79 Å². The van der Waals surface area contributed by atoms with Gasteiger partial charge in [0.2, 0.25) is 17.7 Å². The third-order valence-electron chi connectivity index (χ3n) is 5.55. The fraction of sp³-hybridized carbons (Fsp3) is 0.600. The van der Waals surface area contributed by atoms with E-state index in [2.05, 4.69) is 16.0 Å². The minimum absolute atomic E-state index is 0.0584. The topological polar surface area (TPSA) is 171 Å². The first-order chi connectivity index (χ1) is 16.2. The van der Waals surface area contributed by atoms with Crippen LogP contribution < -0.4 is 21.7 Å². The Bertz CT molecular complexity index is 869. The first-order valence-electron chi connectivity index (χ1n) is 11.9. The Morgan fingerprint density at radius 2 is 1.31 bits per heavy atom. The van der Waals surface area contributed by atoms with E-state index < -0.39 is 47.9 Å². The standard InChI is InChI=1S/C25H40N4O6/c1-13(2)11-19(27-22(31)18(26)12-16-7-9-17(30)10-8-16)23(32)28-20(14(3)4)24(33)29-21(15(5)6)25(34)35/h7-10,13-15,18-21,30H,11-12,26H2,1-6H3,(H,27,31)(H,28,32)(H,29,33)(H,34,35). The van der Waals surface area contributed by atoms with Gasteiger partial charge in [-0.15, -0.1) is 0 Å². The molecule has 196 valence electrons. The molecule has 0 aromatic heterocycles. The fourth-order valence-corrected chi connectivity index (χ4v) is 3.51. The predicted octanol–water partition coefficient (Wildman–Crippen LogP) is 1.16. The summed E-state index contributed by atoms with van der Waals surface area (Å²) in [5.41, 5.74) is 6.80.